The smallest absolute Gasteiger partial charge is 0.123 e. The van der Waals surface area contributed by atoms with Crippen LogP contribution in [-0.4, -0.2) is 6.17 Å². The Morgan fingerprint density at radius 3 is 2.64 bits per heavy atom. The second-order valence-electron chi connectivity index (χ2n) is 3.10. The van der Waals surface area contributed by atoms with Crippen molar-refractivity contribution in [1.29, 1.82) is 0 Å². The molecule has 0 radical (unpaired) electrons. The number of halogens is 1. The van der Waals surface area contributed by atoms with Gasteiger partial charge in [-0.25, -0.2) is 15.2 Å². The highest BCUT2D eigenvalue weighted by Crippen LogP contribution is 2.14. The summed E-state index contributed by atoms with van der Waals surface area (Å²) < 4.78 is 12.9. The van der Waals surface area contributed by atoms with Gasteiger partial charge in [-0.15, -0.1) is 0 Å². The predicted molar refractivity (Wildman–Crippen MR) is 49.7 cm³/mol. The minimum atomic E-state index is -0.326. The number of hydrazine groups is 3. The Hall–Kier alpha value is -1.05. The molecule has 76 valence electrons. The lowest BCUT2D eigenvalue weighted by Gasteiger charge is -2.18. The van der Waals surface area contributed by atoms with Gasteiger partial charge >= 0.3 is 0 Å². The van der Waals surface area contributed by atoms with Gasteiger partial charge in [0, 0.05) is 0 Å². The van der Waals surface area contributed by atoms with Gasteiger partial charge in [-0.2, -0.15) is 11.1 Å². The van der Waals surface area contributed by atoms with Crippen LogP contribution < -0.4 is 27.7 Å². The number of nitrogens with one attached hydrogen (secondary N) is 4. The molecule has 5 nitrogen and oxygen atoms in total. The first kappa shape index (κ1) is 9.50. The van der Waals surface area contributed by atoms with E-state index in [1.807, 2.05) is 0 Å². The monoisotopic (exact) mass is 197 g/mol. The highest BCUT2D eigenvalue weighted by Gasteiger charge is 2.22. The molecule has 2 rings (SSSR count). The summed E-state index contributed by atoms with van der Waals surface area (Å²) in [4.78, 5) is 0. The summed E-state index contributed by atoms with van der Waals surface area (Å²) in [7, 11) is 0. The van der Waals surface area contributed by atoms with Crippen LogP contribution >= 0.6 is 0 Å². The Morgan fingerprint density at radius 1 is 1.29 bits per heavy atom. The maximum atomic E-state index is 12.9. The third-order valence-electron chi connectivity index (χ3n) is 2.11. The van der Waals surface area contributed by atoms with Crippen molar-refractivity contribution in [2.24, 2.45) is 5.73 Å². The number of benzene rings is 1. The van der Waals surface area contributed by atoms with Crippen molar-refractivity contribution >= 4 is 0 Å². The number of nitrogens with two attached hydrogens (primary N) is 1. The molecule has 1 fully saturated rings. The van der Waals surface area contributed by atoms with E-state index in [9.17, 15) is 4.39 Å². The lowest BCUT2D eigenvalue weighted by atomic mass is 10.1. The molecule has 1 aromatic carbocycles. The van der Waals surface area contributed by atoms with Crippen LogP contribution in [0.25, 0.3) is 0 Å². The normalized spacial score (nSPS) is 19.9. The van der Waals surface area contributed by atoms with E-state index >= 15 is 0 Å². The van der Waals surface area contributed by atoms with E-state index in [2.05, 4.69) is 21.9 Å². The molecule has 1 heterocycles. The molecule has 0 bridgehead atoms. The van der Waals surface area contributed by atoms with Crippen LogP contribution in [0.2, 0.25) is 0 Å². The molecule has 0 amide bonds. The molecule has 0 aliphatic carbocycles. The van der Waals surface area contributed by atoms with Crippen molar-refractivity contribution in [2.75, 3.05) is 0 Å². The Labute approximate surface area is 80.8 Å². The van der Waals surface area contributed by atoms with Crippen LogP contribution in [0.15, 0.2) is 24.3 Å². The Balaban J connectivity index is 2.13. The largest absolute Gasteiger partial charge is 0.321 e. The van der Waals surface area contributed by atoms with Crippen LogP contribution in [0.4, 0.5) is 4.39 Å². The van der Waals surface area contributed by atoms with Crippen LogP contribution in [0.3, 0.4) is 0 Å². The minimum Gasteiger partial charge on any atom is -0.321 e. The van der Waals surface area contributed by atoms with E-state index in [0.717, 1.165) is 5.56 Å². The molecule has 1 saturated heterocycles. The predicted octanol–water partition coefficient (Wildman–Crippen LogP) is -0.731. The molecule has 0 saturated carbocycles. The van der Waals surface area contributed by atoms with Crippen LogP contribution in [0, 0.1) is 5.82 Å². The molecular weight excluding hydrogens is 185 g/mol. The lowest BCUT2D eigenvalue weighted by molar-refractivity contribution is 0.439. The Bertz CT molecular complexity index is 312. The first-order valence-electron chi connectivity index (χ1n) is 4.29. The summed E-state index contributed by atoms with van der Waals surface area (Å²) in [6, 6.07) is 5.91. The van der Waals surface area contributed by atoms with E-state index in [0.29, 0.717) is 0 Å². The van der Waals surface area contributed by atoms with Gasteiger partial charge in [-0.05, 0) is 17.7 Å². The molecule has 1 aromatic rings. The van der Waals surface area contributed by atoms with Gasteiger partial charge in [0.2, 0.25) is 0 Å². The first-order valence-corrected chi connectivity index (χ1v) is 4.29. The number of rotatable bonds is 2. The van der Waals surface area contributed by atoms with Gasteiger partial charge in [-0.1, -0.05) is 12.1 Å². The van der Waals surface area contributed by atoms with Gasteiger partial charge in [-0.3, -0.25) is 0 Å². The number of hydrogen-bond donors (Lipinski definition) is 5. The van der Waals surface area contributed by atoms with Gasteiger partial charge in [0.1, 0.15) is 12.0 Å². The second-order valence-corrected chi connectivity index (χ2v) is 3.10. The third kappa shape index (κ3) is 1.89. The van der Waals surface area contributed by atoms with E-state index in [4.69, 9.17) is 5.73 Å². The molecule has 6 N–H and O–H groups in total. The summed E-state index contributed by atoms with van der Waals surface area (Å²) in [6.45, 7) is 0. The molecule has 0 aromatic heterocycles. The van der Waals surface area contributed by atoms with E-state index < -0.39 is 0 Å². The molecule has 1 unspecified atom stereocenters. The van der Waals surface area contributed by atoms with Crippen molar-refractivity contribution in [2.45, 2.75) is 12.2 Å². The quantitative estimate of drug-likeness (QED) is 0.432. The van der Waals surface area contributed by atoms with Gasteiger partial charge < -0.3 is 5.73 Å². The van der Waals surface area contributed by atoms with Gasteiger partial charge in [0.05, 0.1) is 6.04 Å². The van der Waals surface area contributed by atoms with E-state index in [1.54, 1.807) is 12.1 Å². The summed E-state index contributed by atoms with van der Waals surface area (Å²) in [5.74, 6) is -0.281. The molecule has 6 heteroatoms. The Morgan fingerprint density at radius 2 is 2.00 bits per heavy atom. The second kappa shape index (κ2) is 3.99. The summed E-state index contributed by atoms with van der Waals surface area (Å²) in [6.07, 6.45) is -0.170. The summed E-state index contributed by atoms with van der Waals surface area (Å²) in [5.41, 5.74) is 17.6. The lowest BCUT2D eigenvalue weighted by Crippen LogP contribution is -2.43. The van der Waals surface area contributed by atoms with Gasteiger partial charge in [0.15, 0.2) is 0 Å². The molecule has 14 heavy (non-hydrogen) atoms. The highest BCUT2D eigenvalue weighted by atomic mass is 19.1. The fraction of sp³-hybridized carbons (Fsp3) is 0.250. The third-order valence-corrected chi connectivity index (χ3v) is 2.11. The van der Waals surface area contributed by atoms with Crippen molar-refractivity contribution in [3.8, 4) is 0 Å². The van der Waals surface area contributed by atoms with Crippen LogP contribution in [0.5, 0.6) is 0 Å². The van der Waals surface area contributed by atoms with Crippen molar-refractivity contribution < 1.29 is 4.39 Å². The van der Waals surface area contributed by atoms with E-state index in [-0.39, 0.29) is 18.0 Å². The first-order chi connectivity index (χ1) is 6.77. The molecule has 1 atom stereocenters. The van der Waals surface area contributed by atoms with Crippen molar-refractivity contribution in [3.05, 3.63) is 35.6 Å². The number of hydrogen-bond acceptors (Lipinski definition) is 5. The molecule has 1 aliphatic heterocycles. The SMILES string of the molecule is NC(c1cccc(F)c1)C1NNNN1. The zero-order chi connectivity index (χ0) is 9.97. The molecule has 0 spiro atoms. The molecular formula is C8H12FN5. The topological polar surface area (TPSA) is 74.1 Å². The average molecular weight is 197 g/mol. The maximum Gasteiger partial charge on any atom is 0.123 e. The zero-order valence-corrected chi connectivity index (χ0v) is 7.42. The fourth-order valence-corrected chi connectivity index (χ4v) is 1.35. The summed E-state index contributed by atoms with van der Waals surface area (Å²) in [5, 5.41) is 0. The zero-order valence-electron chi connectivity index (χ0n) is 7.42. The van der Waals surface area contributed by atoms with Crippen LogP contribution in [-0.2, 0) is 0 Å². The summed E-state index contributed by atoms with van der Waals surface area (Å²) >= 11 is 0. The van der Waals surface area contributed by atoms with E-state index in [1.165, 1.54) is 12.1 Å². The van der Waals surface area contributed by atoms with Gasteiger partial charge in [0.25, 0.3) is 0 Å². The molecule has 1 aliphatic rings. The van der Waals surface area contributed by atoms with Crippen molar-refractivity contribution in [1.82, 2.24) is 21.9 Å². The standard InChI is InChI=1S/C8H12FN5/c9-6-3-1-2-5(4-6)7(10)8-11-13-14-12-8/h1-4,7-8,11-14H,10H2. The van der Waals surface area contributed by atoms with Crippen molar-refractivity contribution in [3.63, 3.8) is 0 Å². The van der Waals surface area contributed by atoms with Crippen LogP contribution in [0.1, 0.15) is 11.6 Å². The fourth-order valence-electron chi connectivity index (χ4n) is 1.35. The Kier molecular flexibility index (Phi) is 2.71. The average Bonchev–Trinajstić information content (AvgIpc) is 2.69. The maximum absolute atomic E-state index is 12.9. The minimum absolute atomic E-state index is 0.170. The highest BCUT2D eigenvalue weighted by molar-refractivity contribution is 5.21.